The molecule has 4 nitrogen and oxygen atoms in total. The van der Waals surface area contributed by atoms with E-state index in [2.05, 4.69) is 22.3 Å². The highest BCUT2D eigenvalue weighted by Crippen LogP contribution is 2.30. The molecule has 0 radical (unpaired) electrons. The van der Waals surface area contributed by atoms with Gasteiger partial charge in [0.05, 0.1) is 5.41 Å². The fourth-order valence-corrected chi connectivity index (χ4v) is 2.83. The molecule has 0 amide bonds. The van der Waals surface area contributed by atoms with E-state index < -0.39 is 11.4 Å². The van der Waals surface area contributed by atoms with Crippen molar-refractivity contribution in [3.8, 4) is 0 Å². The van der Waals surface area contributed by atoms with Crippen LogP contribution in [-0.2, 0) is 17.8 Å². The number of fused-ring (bicyclic) bond motifs is 1. The van der Waals surface area contributed by atoms with E-state index in [9.17, 15) is 9.90 Å². The van der Waals surface area contributed by atoms with Crippen LogP contribution in [0.4, 0.5) is 0 Å². The summed E-state index contributed by atoms with van der Waals surface area (Å²) in [4.78, 5) is 11.2. The van der Waals surface area contributed by atoms with Gasteiger partial charge in [-0.05, 0) is 51.3 Å². The summed E-state index contributed by atoms with van der Waals surface area (Å²) in [6.45, 7) is 4.07. The van der Waals surface area contributed by atoms with E-state index in [0.29, 0.717) is 12.6 Å². The maximum absolute atomic E-state index is 11.2. The summed E-state index contributed by atoms with van der Waals surface area (Å²) in [5, 5.41) is 12.6. The molecule has 1 unspecified atom stereocenters. The van der Waals surface area contributed by atoms with Gasteiger partial charge in [-0.3, -0.25) is 4.79 Å². The van der Waals surface area contributed by atoms with Crippen LogP contribution in [0, 0.1) is 5.41 Å². The van der Waals surface area contributed by atoms with Crippen molar-refractivity contribution in [1.82, 2.24) is 9.88 Å². The minimum absolute atomic E-state index is 0.409. The Morgan fingerprint density at radius 2 is 2.21 bits per heavy atom. The molecule has 1 aromatic heterocycles. The lowest BCUT2D eigenvalue weighted by Crippen LogP contribution is -2.28. The molecular formula is C15H24N2O2. The average molecular weight is 264 g/mol. The van der Waals surface area contributed by atoms with Crippen LogP contribution in [0.2, 0.25) is 0 Å². The summed E-state index contributed by atoms with van der Waals surface area (Å²) in [5.74, 6) is -0.749. The molecule has 0 aromatic carbocycles. The second kappa shape index (κ2) is 5.37. The molecule has 0 saturated heterocycles. The van der Waals surface area contributed by atoms with Gasteiger partial charge in [-0.2, -0.15) is 0 Å². The highest BCUT2D eigenvalue weighted by atomic mass is 16.4. The normalized spacial score (nSPS) is 19.8. The number of carboxylic acid groups (broad SMARTS) is 1. The molecule has 0 fully saturated rings. The Balaban J connectivity index is 2.24. The van der Waals surface area contributed by atoms with Crippen molar-refractivity contribution in [3.05, 3.63) is 23.5 Å². The van der Waals surface area contributed by atoms with Gasteiger partial charge in [0, 0.05) is 25.0 Å². The first kappa shape index (κ1) is 14.1. The predicted octanol–water partition coefficient (Wildman–Crippen LogP) is 2.59. The number of carbonyl (C=O) groups is 1. The van der Waals surface area contributed by atoms with E-state index >= 15 is 0 Å². The molecule has 2 rings (SSSR count). The number of rotatable bonds is 4. The van der Waals surface area contributed by atoms with Crippen molar-refractivity contribution < 1.29 is 9.90 Å². The van der Waals surface area contributed by atoms with E-state index in [0.717, 1.165) is 12.8 Å². The maximum atomic E-state index is 11.2. The first-order chi connectivity index (χ1) is 8.94. The minimum atomic E-state index is -0.749. The molecule has 1 atom stereocenters. The van der Waals surface area contributed by atoms with Gasteiger partial charge in [0.1, 0.15) is 0 Å². The molecular weight excluding hydrogens is 240 g/mol. The van der Waals surface area contributed by atoms with Crippen LogP contribution in [0.15, 0.2) is 12.4 Å². The Morgan fingerprint density at radius 1 is 1.47 bits per heavy atom. The minimum Gasteiger partial charge on any atom is -0.481 e. The smallest absolute Gasteiger partial charge is 0.310 e. The number of aliphatic carboxylic acids is 1. The second-order valence-electron chi connectivity index (χ2n) is 6.19. The van der Waals surface area contributed by atoms with Gasteiger partial charge in [-0.15, -0.1) is 0 Å². The van der Waals surface area contributed by atoms with Gasteiger partial charge in [0.2, 0.25) is 0 Å². The zero-order chi connectivity index (χ0) is 14.0. The van der Waals surface area contributed by atoms with Gasteiger partial charge < -0.3 is 15.0 Å². The lowest BCUT2D eigenvalue weighted by molar-refractivity contribution is -0.147. The van der Waals surface area contributed by atoms with Crippen LogP contribution in [0.1, 0.15) is 50.3 Å². The fraction of sp³-hybridized carbons (Fsp3) is 0.667. The summed E-state index contributed by atoms with van der Waals surface area (Å²) >= 11 is 0. The first-order valence-electron chi connectivity index (χ1n) is 7.03. The fourth-order valence-electron chi connectivity index (χ4n) is 2.83. The zero-order valence-electron chi connectivity index (χ0n) is 12.1. The summed E-state index contributed by atoms with van der Waals surface area (Å²) in [7, 11) is 2.00. The van der Waals surface area contributed by atoms with E-state index in [1.54, 1.807) is 13.8 Å². The molecule has 4 heteroatoms. The third kappa shape index (κ3) is 3.00. The number of carboxylic acids is 1. The first-order valence-corrected chi connectivity index (χ1v) is 7.03. The van der Waals surface area contributed by atoms with Gasteiger partial charge >= 0.3 is 5.97 Å². The predicted molar refractivity (Wildman–Crippen MR) is 75.2 cm³/mol. The lowest BCUT2D eigenvalue weighted by Gasteiger charge is -2.20. The highest BCUT2D eigenvalue weighted by Gasteiger charge is 2.28. The largest absolute Gasteiger partial charge is 0.481 e. The van der Waals surface area contributed by atoms with Crippen molar-refractivity contribution in [2.75, 3.05) is 7.05 Å². The van der Waals surface area contributed by atoms with Gasteiger partial charge in [0.15, 0.2) is 0 Å². The van der Waals surface area contributed by atoms with E-state index in [-0.39, 0.29) is 0 Å². The zero-order valence-corrected chi connectivity index (χ0v) is 12.1. The van der Waals surface area contributed by atoms with Gasteiger partial charge in [-0.25, -0.2) is 0 Å². The lowest BCUT2D eigenvalue weighted by atomic mass is 9.94. The molecule has 2 N–H and O–H groups in total. The SMILES string of the molecule is CNC1CCCCc2cn(CC(C)(C)C(=O)O)cc21. The Bertz CT molecular complexity index is 463. The monoisotopic (exact) mass is 264 g/mol. The number of nitrogens with zero attached hydrogens (tertiary/aromatic N) is 1. The van der Waals surface area contributed by atoms with Crippen LogP contribution in [0.25, 0.3) is 0 Å². The number of nitrogens with one attached hydrogen (secondary N) is 1. The molecule has 1 aromatic rings. The Hall–Kier alpha value is -1.29. The summed E-state index contributed by atoms with van der Waals surface area (Å²) in [6, 6.07) is 0.409. The van der Waals surface area contributed by atoms with Crippen LogP contribution in [0.3, 0.4) is 0 Å². The second-order valence-corrected chi connectivity index (χ2v) is 6.19. The number of aromatic nitrogens is 1. The molecule has 19 heavy (non-hydrogen) atoms. The van der Waals surface area contributed by atoms with E-state index in [1.165, 1.54) is 24.0 Å². The quantitative estimate of drug-likeness (QED) is 0.822. The van der Waals surface area contributed by atoms with Crippen LogP contribution in [0.5, 0.6) is 0 Å². The highest BCUT2D eigenvalue weighted by molar-refractivity contribution is 5.73. The van der Waals surface area contributed by atoms with Crippen LogP contribution in [-0.4, -0.2) is 22.7 Å². The Morgan fingerprint density at radius 3 is 2.84 bits per heavy atom. The van der Waals surface area contributed by atoms with Crippen LogP contribution < -0.4 is 5.32 Å². The number of aryl methyl sites for hydroxylation is 1. The summed E-state index contributed by atoms with van der Waals surface area (Å²) in [6.07, 6.45) is 9.00. The molecule has 1 aliphatic rings. The van der Waals surface area contributed by atoms with E-state index in [1.807, 2.05) is 7.05 Å². The van der Waals surface area contributed by atoms with E-state index in [4.69, 9.17) is 0 Å². The van der Waals surface area contributed by atoms with Crippen molar-refractivity contribution in [3.63, 3.8) is 0 Å². The van der Waals surface area contributed by atoms with Crippen molar-refractivity contribution in [2.45, 2.75) is 52.1 Å². The Kier molecular flexibility index (Phi) is 3.99. The van der Waals surface area contributed by atoms with Gasteiger partial charge in [-0.1, -0.05) is 6.42 Å². The number of hydrogen-bond acceptors (Lipinski definition) is 2. The average Bonchev–Trinajstić information content (AvgIpc) is 2.61. The third-order valence-electron chi connectivity index (χ3n) is 4.07. The molecule has 0 saturated carbocycles. The third-order valence-corrected chi connectivity index (χ3v) is 4.07. The van der Waals surface area contributed by atoms with Crippen molar-refractivity contribution >= 4 is 5.97 Å². The summed E-state index contributed by atoms with van der Waals surface area (Å²) < 4.78 is 2.05. The van der Waals surface area contributed by atoms with Gasteiger partial charge in [0.25, 0.3) is 0 Å². The van der Waals surface area contributed by atoms with Crippen molar-refractivity contribution in [1.29, 1.82) is 0 Å². The molecule has 1 aliphatic carbocycles. The maximum Gasteiger partial charge on any atom is 0.310 e. The standard InChI is InChI=1S/C15H24N2O2/c1-15(2,14(18)19)10-17-8-11-6-4-5-7-13(16-3)12(11)9-17/h8-9,13,16H,4-7,10H2,1-3H3,(H,18,19). The molecule has 0 aliphatic heterocycles. The molecule has 106 valence electrons. The topological polar surface area (TPSA) is 54.3 Å². The molecule has 0 bridgehead atoms. The Labute approximate surface area is 114 Å². The summed E-state index contributed by atoms with van der Waals surface area (Å²) in [5.41, 5.74) is 1.99. The van der Waals surface area contributed by atoms with Crippen molar-refractivity contribution in [2.24, 2.45) is 5.41 Å². The molecule has 0 spiro atoms. The molecule has 1 heterocycles. The van der Waals surface area contributed by atoms with Crippen LogP contribution >= 0.6 is 0 Å². The number of hydrogen-bond donors (Lipinski definition) is 2.